The fourth-order valence-electron chi connectivity index (χ4n) is 1.96. The van der Waals surface area contributed by atoms with Crippen LogP contribution in [-0.2, 0) is 9.53 Å². The molecule has 0 saturated carbocycles. The number of hydrogen-bond donors (Lipinski definition) is 2. The molecule has 0 aromatic carbocycles. The molecular formula is C11H22N2O4. The van der Waals surface area contributed by atoms with Gasteiger partial charge in [0, 0.05) is 26.2 Å². The maximum atomic E-state index is 10.6. The van der Waals surface area contributed by atoms with Gasteiger partial charge in [-0.25, -0.2) is 0 Å². The number of rotatable bonds is 7. The van der Waals surface area contributed by atoms with E-state index in [9.17, 15) is 4.79 Å². The Morgan fingerprint density at radius 3 is 2.53 bits per heavy atom. The standard InChI is InChI=1S/C11H22N2O4/c14-7-9-17-8-6-12-2-1-3-13(5-4-12)10-11(15)16/h14H,1-10H2,(H,15,16). The fourth-order valence-corrected chi connectivity index (χ4v) is 1.96. The summed E-state index contributed by atoms with van der Waals surface area (Å²) in [6, 6.07) is 0. The average Bonchev–Trinajstić information content (AvgIpc) is 2.50. The van der Waals surface area contributed by atoms with Crippen molar-refractivity contribution in [1.82, 2.24) is 9.80 Å². The summed E-state index contributed by atoms with van der Waals surface area (Å²) in [6.07, 6.45) is 0.993. The zero-order valence-electron chi connectivity index (χ0n) is 10.2. The van der Waals surface area contributed by atoms with Crippen molar-refractivity contribution in [1.29, 1.82) is 0 Å². The highest BCUT2D eigenvalue weighted by Gasteiger charge is 2.16. The van der Waals surface area contributed by atoms with E-state index in [0.717, 1.165) is 39.1 Å². The molecule has 1 aliphatic heterocycles. The monoisotopic (exact) mass is 246 g/mol. The second-order valence-corrected chi connectivity index (χ2v) is 4.20. The lowest BCUT2D eigenvalue weighted by molar-refractivity contribution is -0.138. The number of nitrogens with zero attached hydrogens (tertiary/aromatic N) is 2. The lowest BCUT2D eigenvalue weighted by Crippen LogP contribution is -2.35. The van der Waals surface area contributed by atoms with Crippen LogP contribution in [0.2, 0.25) is 0 Å². The predicted molar refractivity (Wildman–Crippen MR) is 63.0 cm³/mol. The average molecular weight is 246 g/mol. The van der Waals surface area contributed by atoms with Crippen molar-refractivity contribution >= 4 is 5.97 Å². The van der Waals surface area contributed by atoms with Gasteiger partial charge in [-0.05, 0) is 13.0 Å². The van der Waals surface area contributed by atoms with Gasteiger partial charge < -0.3 is 14.9 Å². The van der Waals surface area contributed by atoms with Crippen molar-refractivity contribution in [2.24, 2.45) is 0 Å². The molecule has 0 bridgehead atoms. The van der Waals surface area contributed by atoms with Crippen molar-refractivity contribution in [3.63, 3.8) is 0 Å². The normalized spacial score (nSPS) is 19.1. The summed E-state index contributed by atoms with van der Waals surface area (Å²) in [7, 11) is 0. The molecule has 6 nitrogen and oxygen atoms in total. The highest BCUT2D eigenvalue weighted by molar-refractivity contribution is 5.69. The minimum atomic E-state index is -0.760. The Kier molecular flexibility index (Phi) is 7.11. The van der Waals surface area contributed by atoms with E-state index in [2.05, 4.69) is 4.90 Å². The van der Waals surface area contributed by atoms with Gasteiger partial charge in [-0.2, -0.15) is 0 Å². The van der Waals surface area contributed by atoms with Crippen molar-refractivity contribution < 1.29 is 19.7 Å². The lowest BCUT2D eigenvalue weighted by Gasteiger charge is -2.20. The third kappa shape index (κ3) is 6.58. The molecule has 0 radical (unpaired) electrons. The zero-order valence-corrected chi connectivity index (χ0v) is 10.2. The van der Waals surface area contributed by atoms with E-state index in [0.29, 0.717) is 13.2 Å². The van der Waals surface area contributed by atoms with E-state index in [1.54, 1.807) is 0 Å². The minimum Gasteiger partial charge on any atom is -0.480 e. The van der Waals surface area contributed by atoms with E-state index in [-0.39, 0.29) is 13.2 Å². The van der Waals surface area contributed by atoms with Crippen LogP contribution in [0.25, 0.3) is 0 Å². The fraction of sp³-hybridized carbons (Fsp3) is 0.909. The van der Waals surface area contributed by atoms with Crippen LogP contribution in [-0.4, -0.2) is 85.1 Å². The summed E-state index contributed by atoms with van der Waals surface area (Å²) < 4.78 is 5.22. The molecule has 0 aromatic heterocycles. The molecule has 0 unspecified atom stereocenters. The number of carboxylic acid groups (broad SMARTS) is 1. The van der Waals surface area contributed by atoms with Crippen LogP contribution in [0.15, 0.2) is 0 Å². The molecule has 0 aliphatic carbocycles. The summed E-state index contributed by atoms with van der Waals surface area (Å²) in [5.74, 6) is -0.760. The molecular weight excluding hydrogens is 224 g/mol. The molecule has 1 fully saturated rings. The SMILES string of the molecule is O=C(O)CN1CCCN(CCOCCO)CC1. The van der Waals surface area contributed by atoms with Gasteiger partial charge in [0.1, 0.15) is 0 Å². The van der Waals surface area contributed by atoms with Crippen LogP contribution >= 0.6 is 0 Å². The summed E-state index contributed by atoms with van der Waals surface area (Å²) in [5, 5.41) is 17.3. The molecule has 0 amide bonds. The zero-order chi connectivity index (χ0) is 12.5. The van der Waals surface area contributed by atoms with Gasteiger partial charge in [0.2, 0.25) is 0 Å². The quantitative estimate of drug-likeness (QED) is 0.566. The maximum absolute atomic E-state index is 10.6. The summed E-state index contributed by atoms with van der Waals surface area (Å²) in [5.41, 5.74) is 0. The topological polar surface area (TPSA) is 73.2 Å². The Hall–Kier alpha value is -0.690. The molecule has 1 heterocycles. The van der Waals surface area contributed by atoms with E-state index in [4.69, 9.17) is 14.9 Å². The third-order valence-electron chi connectivity index (χ3n) is 2.83. The van der Waals surface area contributed by atoms with Crippen LogP contribution in [0, 0.1) is 0 Å². The number of carboxylic acids is 1. The van der Waals surface area contributed by atoms with Gasteiger partial charge in [-0.1, -0.05) is 0 Å². The molecule has 17 heavy (non-hydrogen) atoms. The highest BCUT2D eigenvalue weighted by atomic mass is 16.5. The first-order chi connectivity index (χ1) is 8.22. The van der Waals surface area contributed by atoms with Crippen molar-refractivity contribution in [2.45, 2.75) is 6.42 Å². The predicted octanol–water partition coefficient (Wildman–Crippen LogP) is -0.912. The number of aliphatic hydroxyl groups excluding tert-OH is 1. The molecule has 1 rings (SSSR count). The molecule has 1 aliphatic rings. The Morgan fingerprint density at radius 1 is 1.12 bits per heavy atom. The van der Waals surface area contributed by atoms with E-state index >= 15 is 0 Å². The first kappa shape index (κ1) is 14.4. The van der Waals surface area contributed by atoms with Crippen LogP contribution in [0.5, 0.6) is 0 Å². The van der Waals surface area contributed by atoms with Crippen LogP contribution in [0.1, 0.15) is 6.42 Å². The van der Waals surface area contributed by atoms with Crippen molar-refractivity contribution in [3.8, 4) is 0 Å². The number of aliphatic carboxylic acids is 1. The minimum absolute atomic E-state index is 0.0619. The van der Waals surface area contributed by atoms with E-state index in [1.165, 1.54) is 0 Å². The molecule has 2 N–H and O–H groups in total. The van der Waals surface area contributed by atoms with Crippen LogP contribution in [0.4, 0.5) is 0 Å². The number of carbonyl (C=O) groups is 1. The number of hydrogen-bond acceptors (Lipinski definition) is 5. The second-order valence-electron chi connectivity index (χ2n) is 4.20. The first-order valence-electron chi connectivity index (χ1n) is 6.07. The first-order valence-corrected chi connectivity index (χ1v) is 6.07. The van der Waals surface area contributed by atoms with Crippen LogP contribution in [0.3, 0.4) is 0 Å². The Balaban J connectivity index is 2.16. The smallest absolute Gasteiger partial charge is 0.317 e. The highest BCUT2D eigenvalue weighted by Crippen LogP contribution is 2.02. The van der Waals surface area contributed by atoms with Gasteiger partial charge in [-0.15, -0.1) is 0 Å². The second kappa shape index (κ2) is 8.41. The molecule has 1 saturated heterocycles. The summed E-state index contributed by atoms with van der Waals surface area (Å²) in [4.78, 5) is 14.9. The molecule has 0 aromatic rings. The molecule has 100 valence electrons. The van der Waals surface area contributed by atoms with Gasteiger partial charge >= 0.3 is 5.97 Å². The van der Waals surface area contributed by atoms with Crippen LogP contribution < -0.4 is 0 Å². The summed E-state index contributed by atoms with van der Waals surface area (Å²) >= 11 is 0. The maximum Gasteiger partial charge on any atom is 0.317 e. The van der Waals surface area contributed by atoms with Gasteiger partial charge in [0.15, 0.2) is 0 Å². The molecule has 0 spiro atoms. The van der Waals surface area contributed by atoms with E-state index in [1.807, 2.05) is 4.90 Å². The van der Waals surface area contributed by atoms with Crippen molar-refractivity contribution in [2.75, 3.05) is 59.1 Å². The third-order valence-corrected chi connectivity index (χ3v) is 2.83. The lowest BCUT2D eigenvalue weighted by atomic mass is 10.4. The Morgan fingerprint density at radius 2 is 1.82 bits per heavy atom. The number of aliphatic hydroxyl groups is 1. The number of ether oxygens (including phenoxy) is 1. The van der Waals surface area contributed by atoms with Gasteiger partial charge in [0.25, 0.3) is 0 Å². The Bertz CT molecular complexity index is 226. The van der Waals surface area contributed by atoms with Gasteiger partial charge in [0.05, 0.1) is 26.4 Å². The molecule has 0 atom stereocenters. The summed E-state index contributed by atoms with van der Waals surface area (Å²) in [6.45, 7) is 5.57. The van der Waals surface area contributed by atoms with Crippen molar-refractivity contribution in [3.05, 3.63) is 0 Å². The largest absolute Gasteiger partial charge is 0.480 e. The Labute approximate surface area is 102 Å². The van der Waals surface area contributed by atoms with Gasteiger partial charge in [-0.3, -0.25) is 14.6 Å². The van der Waals surface area contributed by atoms with E-state index < -0.39 is 5.97 Å². The molecule has 6 heteroatoms.